The molecule has 0 aliphatic rings. The van der Waals surface area contributed by atoms with Crippen LogP contribution in [-0.2, 0) is 0 Å². The van der Waals surface area contributed by atoms with Crippen molar-refractivity contribution in [1.29, 1.82) is 0 Å². The van der Waals surface area contributed by atoms with Crippen molar-refractivity contribution >= 4 is 32.6 Å². The smallest absolute Gasteiger partial charge is 0.344 e. The van der Waals surface area contributed by atoms with E-state index < -0.39 is 0 Å². The lowest BCUT2D eigenvalue weighted by molar-refractivity contribution is 0.572. The first-order chi connectivity index (χ1) is 9.34. The molecule has 0 aliphatic heterocycles. The summed E-state index contributed by atoms with van der Waals surface area (Å²) in [4.78, 5) is 16.5. The average molecular weight is 247 g/mol. The molecule has 0 saturated carbocycles. The minimum absolute atomic E-state index is 0.306. The Morgan fingerprint density at radius 3 is 2.32 bits per heavy atom. The largest absolute Gasteiger partial charge is 0.421 e. The van der Waals surface area contributed by atoms with Gasteiger partial charge in [-0.1, -0.05) is 30.3 Å². The SMILES string of the molecule is O=c1oc2c3ccccc3ncc2c2ccccc12. The van der Waals surface area contributed by atoms with Crippen LogP contribution < -0.4 is 5.63 Å². The first kappa shape index (κ1) is 10.3. The van der Waals surface area contributed by atoms with Gasteiger partial charge in [0.2, 0.25) is 0 Å². The summed E-state index contributed by atoms with van der Waals surface area (Å²) in [6.07, 6.45) is 1.77. The van der Waals surface area contributed by atoms with Gasteiger partial charge in [0.15, 0.2) is 0 Å². The minimum Gasteiger partial charge on any atom is -0.421 e. The predicted molar refractivity (Wildman–Crippen MR) is 75.3 cm³/mol. The lowest BCUT2D eigenvalue weighted by atomic mass is 10.1. The number of hydrogen-bond acceptors (Lipinski definition) is 3. The van der Waals surface area contributed by atoms with Crippen LogP contribution in [0.2, 0.25) is 0 Å². The highest BCUT2D eigenvalue weighted by Gasteiger charge is 2.09. The fourth-order valence-corrected chi connectivity index (χ4v) is 2.46. The molecule has 0 N–H and O–H groups in total. The topological polar surface area (TPSA) is 43.1 Å². The van der Waals surface area contributed by atoms with Crippen LogP contribution in [0.15, 0.2) is 63.9 Å². The van der Waals surface area contributed by atoms with Crippen molar-refractivity contribution in [2.45, 2.75) is 0 Å². The van der Waals surface area contributed by atoms with E-state index in [1.807, 2.05) is 42.5 Å². The van der Waals surface area contributed by atoms with Crippen molar-refractivity contribution in [3.63, 3.8) is 0 Å². The zero-order chi connectivity index (χ0) is 12.8. The Bertz CT molecular complexity index is 986. The van der Waals surface area contributed by atoms with Gasteiger partial charge in [-0.15, -0.1) is 0 Å². The number of benzene rings is 2. The second kappa shape index (κ2) is 3.65. The molecule has 3 nitrogen and oxygen atoms in total. The maximum Gasteiger partial charge on any atom is 0.344 e. The van der Waals surface area contributed by atoms with E-state index in [0.717, 1.165) is 21.7 Å². The van der Waals surface area contributed by atoms with Crippen molar-refractivity contribution in [2.24, 2.45) is 0 Å². The molecule has 3 heteroatoms. The molecule has 0 saturated heterocycles. The molecule has 0 spiro atoms. The van der Waals surface area contributed by atoms with E-state index in [4.69, 9.17) is 4.42 Å². The van der Waals surface area contributed by atoms with Gasteiger partial charge >= 0.3 is 5.63 Å². The molecule has 19 heavy (non-hydrogen) atoms. The number of nitrogens with zero attached hydrogens (tertiary/aromatic N) is 1. The van der Waals surface area contributed by atoms with E-state index in [-0.39, 0.29) is 5.63 Å². The molecular formula is C16H9NO2. The van der Waals surface area contributed by atoms with Crippen LogP contribution in [0.3, 0.4) is 0 Å². The van der Waals surface area contributed by atoms with Gasteiger partial charge < -0.3 is 4.42 Å². The second-order valence-corrected chi connectivity index (χ2v) is 4.45. The number of fused-ring (bicyclic) bond motifs is 5. The van der Waals surface area contributed by atoms with E-state index in [2.05, 4.69) is 4.98 Å². The maximum absolute atomic E-state index is 12.0. The van der Waals surface area contributed by atoms with Gasteiger partial charge in [0, 0.05) is 22.4 Å². The van der Waals surface area contributed by atoms with Crippen molar-refractivity contribution in [1.82, 2.24) is 4.98 Å². The molecule has 0 fully saturated rings. The van der Waals surface area contributed by atoms with E-state index in [1.165, 1.54) is 0 Å². The summed E-state index contributed by atoms with van der Waals surface area (Å²) in [5.74, 6) is 0. The Morgan fingerprint density at radius 1 is 0.789 bits per heavy atom. The Morgan fingerprint density at radius 2 is 1.47 bits per heavy atom. The number of aromatic nitrogens is 1. The molecular weight excluding hydrogens is 238 g/mol. The first-order valence-electron chi connectivity index (χ1n) is 6.04. The van der Waals surface area contributed by atoms with Crippen LogP contribution in [0, 0.1) is 0 Å². The van der Waals surface area contributed by atoms with Crippen LogP contribution in [-0.4, -0.2) is 4.98 Å². The Labute approximate surface area is 108 Å². The van der Waals surface area contributed by atoms with E-state index >= 15 is 0 Å². The lowest BCUT2D eigenvalue weighted by Gasteiger charge is -2.04. The maximum atomic E-state index is 12.0. The predicted octanol–water partition coefficient (Wildman–Crippen LogP) is 3.49. The molecule has 2 aromatic heterocycles. The lowest BCUT2D eigenvalue weighted by Crippen LogP contribution is -2.00. The monoisotopic (exact) mass is 247 g/mol. The summed E-state index contributed by atoms with van der Waals surface area (Å²) in [7, 11) is 0. The Kier molecular flexibility index (Phi) is 1.97. The molecule has 2 heterocycles. The summed E-state index contributed by atoms with van der Waals surface area (Å²) in [5, 5.41) is 3.20. The molecule has 4 aromatic rings. The Hall–Kier alpha value is -2.68. The van der Waals surface area contributed by atoms with E-state index in [1.54, 1.807) is 12.3 Å². The molecule has 0 bridgehead atoms. The van der Waals surface area contributed by atoms with Crippen LogP contribution in [0.25, 0.3) is 32.6 Å². The molecule has 2 aromatic carbocycles. The molecule has 0 amide bonds. The molecule has 4 rings (SSSR count). The molecule has 0 unspecified atom stereocenters. The number of para-hydroxylation sites is 1. The van der Waals surface area contributed by atoms with Gasteiger partial charge in [-0.25, -0.2) is 4.79 Å². The van der Waals surface area contributed by atoms with Crippen molar-refractivity contribution in [3.05, 3.63) is 65.1 Å². The second-order valence-electron chi connectivity index (χ2n) is 4.45. The standard InChI is InChI=1S/C16H9NO2/c18-16-11-6-2-1-5-10(11)13-9-17-14-8-4-3-7-12(14)15(13)19-16/h1-9H. The highest BCUT2D eigenvalue weighted by Crippen LogP contribution is 2.27. The zero-order valence-electron chi connectivity index (χ0n) is 9.96. The van der Waals surface area contributed by atoms with Gasteiger partial charge in [-0.05, 0) is 18.2 Å². The average Bonchev–Trinajstić information content (AvgIpc) is 2.47. The Balaban J connectivity index is 2.37. The van der Waals surface area contributed by atoms with E-state index in [9.17, 15) is 4.79 Å². The summed E-state index contributed by atoms with van der Waals surface area (Å²) >= 11 is 0. The van der Waals surface area contributed by atoms with Gasteiger partial charge in [-0.2, -0.15) is 0 Å². The van der Waals surface area contributed by atoms with Crippen LogP contribution in [0.4, 0.5) is 0 Å². The zero-order valence-corrected chi connectivity index (χ0v) is 9.96. The van der Waals surface area contributed by atoms with Crippen LogP contribution in [0.1, 0.15) is 0 Å². The van der Waals surface area contributed by atoms with Crippen LogP contribution in [0.5, 0.6) is 0 Å². The highest BCUT2D eigenvalue weighted by atomic mass is 16.4. The highest BCUT2D eigenvalue weighted by molar-refractivity contribution is 6.12. The first-order valence-corrected chi connectivity index (χ1v) is 6.04. The third kappa shape index (κ3) is 1.38. The van der Waals surface area contributed by atoms with Crippen molar-refractivity contribution in [3.8, 4) is 0 Å². The fraction of sp³-hybridized carbons (Fsp3) is 0. The fourth-order valence-electron chi connectivity index (χ4n) is 2.46. The summed E-state index contributed by atoms with van der Waals surface area (Å²) in [6, 6.07) is 15.1. The van der Waals surface area contributed by atoms with E-state index in [0.29, 0.717) is 11.0 Å². The molecule has 90 valence electrons. The molecule has 0 atom stereocenters. The number of hydrogen-bond donors (Lipinski definition) is 0. The molecule has 0 radical (unpaired) electrons. The van der Waals surface area contributed by atoms with Crippen LogP contribution >= 0.6 is 0 Å². The normalized spacial score (nSPS) is 11.4. The van der Waals surface area contributed by atoms with Gasteiger partial charge in [0.25, 0.3) is 0 Å². The quantitative estimate of drug-likeness (QED) is 0.447. The third-order valence-electron chi connectivity index (χ3n) is 3.36. The minimum atomic E-state index is -0.306. The van der Waals surface area contributed by atoms with Gasteiger partial charge in [0.1, 0.15) is 5.58 Å². The van der Waals surface area contributed by atoms with Gasteiger partial charge in [-0.3, -0.25) is 4.98 Å². The third-order valence-corrected chi connectivity index (χ3v) is 3.36. The molecule has 0 aliphatic carbocycles. The summed E-state index contributed by atoms with van der Waals surface area (Å²) < 4.78 is 5.49. The van der Waals surface area contributed by atoms with Crippen molar-refractivity contribution in [2.75, 3.05) is 0 Å². The number of rotatable bonds is 0. The number of pyridine rings is 1. The summed E-state index contributed by atoms with van der Waals surface area (Å²) in [5.41, 5.74) is 1.13. The van der Waals surface area contributed by atoms with Gasteiger partial charge in [0.05, 0.1) is 10.9 Å². The summed E-state index contributed by atoms with van der Waals surface area (Å²) in [6.45, 7) is 0. The van der Waals surface area contributed by atoms with Crippen molar-refractivity contribution < 1.29 is 4.42 Å².